The van der Waals surface area contributed by atoms with Gasteiger partial charge in [0.25, 0.3) is 11.5 Å². The number of aromatic nitrogens is 3. The quantitative estimate of drug-likeness (QED) is 0.482. The number of carbonyl (C=O) groups is 2. The van der Waals surface area contributed by atoms with Gasteiger partial charge in [0.15, 0.2) is 5.82 Å². The molecule has 1 saturated heterocycles. The molecular weight excluding hydrogens is 522 g/mol. The number of pyridine rings is 1. The molecule has 0 unspecified atom stereocenters. The van der Waals surface area contributed by atoms with E-state index in [-0.39, 0.29) is 29.5 Å². The second-order valence-electron chi connectivity index (χ2n) is 12.8. The van der Waals surface area contributed by atoms with E-state index < -0.39 is 11.7 Å². The van der Waals surface area contributed by atoms with Crippen LogP contribution in [0.4, 0.5) is 4.79 Å². The average molecular weight is 562 g/mol. The van der Waals surface area contributed by atoms with Gasteiger partial charge >= 0.3 is 6.09 Å². The summed E-state index contributed by atoms with van der Waals surface area (Å²) >= 11 is 0. The lowest BCUT2D eigenvalue weighted by Gasteiger charge is -2.28. The third-order valence-electron chi connectivity index (χ3n) is 8.66. The van der Waals surface area contributed by atoms with Crippen molar-refractivity contribution in [3.05, 3.63) is 45.7 Å². The van der Waals surface area contributed by atoms with Gasteiger partial charge in [-0.15, -0.1) is 0 Å². The van der Waals surface area contributed by atoms with E-state index in [0.717, 1.165) is 36.9 Å². The molecule has 3 heterocycles. The zero-order valence-corrected chi connectivity index (χ0v) is 24.7. The fourth-order valence-electron chi connectivity index (χ4n) is 6.50. The number of fused-ring (bicyclic) bond motifs is 3. The highest BCUT2D eigenvalue weighted by Crippen LogP contribution is 2.40. The van der Waals surface area contributed by atoms with E-state index in [0.29, 0.717) is 47.2 Å². The maximum absolute atomic E-state index is 13.9. The van der Waals surface area contributed by atoms with E-state index in [1.165, 1.54) is 0 Å². The molecule has 1 aromatic carbocycles. The van der Waals surface area contributed by atoms with Crippen molar-refractivity contribution in [2.45, 2.75) is 77.6 Å². The number of imidazole rings is 1. The summed E-state index contributed by atoms with van der Waals surface area (Å²) < 4.78 is 15.0. The van der Waals surface area contributed by atoms with Crippen LogP contribution in [-0.4, -0.2) is 62.4 Å². The summed E-state index contributed by atoms with van der Waals surface area (Å²) in [5, 5.41) is 3.02. The Balaban J connectivity index is 1.32. The van der Waals surface area contributed by atoms with Crippen LogP contribution in [0, 0.1) is 18.8 Å². The van der Waals surface area contributed by atoms with Gasteiger partial charge in [0.1, 0.15) is 16.9 Å². The van der Waals surface area contributed by atoms with Gasteiger partial charge < -0.3 is 28.8 Å². The monoisotopic (exact) mass is 561 g/mol. The number of nitrogens with zero attached hydrogens (tertiary/aromatic N) is 4. The number of alkyl carbamates (subject to hydrolysis) is 1. The highest BCUT2D eigenvalue weighted by atomic mass is 16.6. The first kappa shape index (κ1) is 27.4. The van der Waals surface area contributed by atoms with Crippen molar-refractivity contribution in [3.8, 4) is 17.3 Å². The molecule has 3 atom stereocenters. The van der Waals surface area contributed by atoms with Crippen LogP contribution < -0.4 is 15.6 Å². The Kier molecular flexibility index (Phi) is 6.62. The molecular formula is C31H39N5O5. The predicted octanol–water partition coefficient (Wildman–Crippen LogP) is 4.26. The van der Waals surface area contributed by atoms with Crippen molar-refractivity contribution in [2.24, 2.45) is 18.9 Å². The number of nitrogens with one attached hydrogen (secondary N) is 1. The van der Waals surface area contributed by atoms with Crippen LogP contribution in [-0.2, 0) is 18.3 Å². The summed E-state index contributed by atoms with van der Waals surface area (Å²) in [6.45, 7) is 8.60. The summed E-state index contributed by atoms with van der Waals surface area (Å²) in [4.78, 5) is 46.3. The molecule has 0 radical (unpaired) electrons. The van der Waals surface area contributed by atoms with E-state index in [1.807, 2.05) is 67.0 Å². The molecule has 10 nitrogen and oxygen atoms in total. The summed E-state index contributed by atoms with van der Waals surface area (Å²) in [5.74, 6) is 1.80. The number of methoxy groups -OCH3 is 1. The summed E-state index contributed by atoms with van der Waals surface area (Å²) in [6.07, 6.45) is 3.60. The summed E-state index contributed by atoms with van der Waals surface area (Å²) in [5.41, 5.74) is 2.76. The Morgan fingerprint density at radius 1 is 1.12 bits per heavy atom. The van der Waals surface area contributed by atoms with E-state index in [4.69, 9.17) is 14.5 Å². The normalized spacial score (nSPS) is 21.9. The van der Waals surface area contributed by atoms with Gasteiger partial charge in [0.05, 0.1) is 30.4 Å². The molecule has 0 spiro atoms. The largest absolute Gasteiger partial charge is 0.494 e. The number of carbonyl (C=O) groups excluding carboxylic acids is 2. The van der Waals surface area contributed by atoms with Crippen LogP contribution >= 0.6 is 0 Å². The first-order valence-electron chi connectivity index (χ1n) is 14.5. The first-order chi connectivity index (χ1) is 19.4. The smallest absolute Gasteiger partial charge is 0.407 e. The lowest BCUT2D eigenvalue weighted by atomic mass is 10.1. The molecule has 3 aliphatic rings. The number of aryl methyl sites for hydroxylation is 2. The topological polar surface area (TPSA) is 108 Å². The van der Waals surface area contributed by atoms with Crippen molar-refractivity contribution in [2.75, 3.05) is 13.7 Å². The van der Waals surface area contributed by atoms with Gasteiger partial charge in [0.2, 0.25) is 0 Å². The highest BCUT2D eigenvalue weighted by molar-refractivity contribution is 6.00. The third kappa shape index (κ3) is 4.97. The van der Waals surface area contributed by atoms with Crippen LogP contribution in [0.15, 0.2) is 29.1 Å². The molecule has 218 valence electrons. The molecule has 1 N–H and O–H groups in total. The van der Waals surface area contributed by atoms with Crippen molar-refractivity contribution in [1.29, 1.82) is 0 Å². The Morgan fingerprint density at radius 3 is 2.56 bits per heavy atom. The minimum absolute atomic E-state index is 0.00270. The van der Waals surface area contributed by atoms with Crippen molar-refractivity contribution in [1.82, 2.24) is 24.3 Å². The van der Waals surface area contributed by atoms with Crippen LogP contribution in [0.1, 0.15) is 62.4 Å². The Hall–Kier alpha value is -3.82. The molecule has 6 rings (SSSR count). The standard InChI is InChI=1S/C31H39N5O5/c1-17-7-11-23(35(28(17)37)15-18-8-9-18)27-32-21-13-20(14-24(40-6)26(21)34(27)5)29(38)36-16-19-10-12-22(36)25(19)33-30(39)41-31(2,3)4/h7,11,13-14,18-19,22,25H,8-10,12,15-16H2,1-6H3,(H,33,39)/t19-,22-,25-/m1/s1. The second kappa shape index (κ2) is 9.92. The van der Waals surface area contributed by atoms with E-state index in [1.54, 1.807) is 13.2 Å². The summed E-state index contributed by atoms with van der Waals surface area (Å²) in [7, 11) is 3.50. The molecule has 3 fully saturated rings. The van der Waals surface area contributed by atoms with Gasteiger partial charge in [-0.1, -0.05) is 6.07 Å². The van der Waals surface area contributed by atoms with Crippen LogP contribution in [0.3, 0.4) is 0 Å². The van der Waals surface area contributed by atoms with Crippen LogP contribution in [0.5, 0.6) is 5.75 Å². The molecule has 2 saturated carbocycles. The lowest BCUT2D eigenvalue weighted by molar-refractivity contribution is 0.0485. The Morgan fingerprint density at radius 2 is 1.88 bits per heavy atom. The van der Waals surface area contributed by atoms with E-state index >= 15 is 0 Å². The molecule has 10 heteroatoms. The number of benzene rings is 1. The zero-order chi connectivity index (χ0) is 29.2. The molecule has 2 bridgehead atoms. The van der Waals surface area contributed by atoms with Gasteiger partial charge in [-0.2, -0.15) is 0 Å². The molecule has 3 aromatic rings. The minimum Gasteiger partial charge on any atom is -0.494 e. The van der Waals surface area contributed by atoms with Crippen LogP contribution in [0.25, 0.3) is 22.6 Å². The van der Waals surface area contributed by atoms with Gasteiger partial charge in [-0.3, -0.25) is 9.59 Å². The van der Waals surface area contributed by atoms with Gasteiger partial charge in [-0.05, 0) is 83.4 Å². The lowest BCUT2D eigenvalue weighted by Crippen LogP contribution is -2.46. The first-order valence-corrected chi connectivity index (χ1v) is 14.5. The molecule has 1 aliphatic heterocycles. The van der Waals surface area contributed by atoms with E-state index in [9.17, 15) is 14.4 Å². The maximum atomic E-state index is 13.9. The molecule has 2 aliphatic carbocycles. The zero-order valence-electron chi connectivity index (χ0n) is 24.7. The Bertz CT molecular complexity index is 1590. The average Bonchev–Trinajstić information content (AvgIpc) is 3.47. The molecule has 2 aromatic heterocycles. The highest BCUT2D eigenvalue weighted by Gasteiger charge is 2.50. The number of amides is 2. The number of hydrogen-bond acceptors (Lipinski definition) is 6. The fraction of sp³-hybridized carbons (Fsp3) is 0.548. The number of hydrogen-bond donors (Lipinski definition) is 1. The molecule has 2 amide bonds. The number of ether oxygens (including phenoxy) is 2. The SMILES string of the molecule is COc1cc(C(=O)N2C[C@H]3CC[C@@H]2[C@@H]3NC(=O)OC(C)(C)C)cc2nc(-c3ccc(C)c(=O)n3CC3CC3)n(C)c12. The minimum atomic E-state index is -0.588. The molecule has 41 heavy (non-hydrogen) atoms. The maximum Gasteiger partial charge on any atom is 0.407 e. The van der Waals surface area contributed by atoms with Crippen molar-refractivity contribution < 1.29 is 19.1 Å². The van der Waals surface area contributed by atoms with Crippen molar-refractivity contribution >= 4 is 23.0 Å². The number of likely N-dealkylation sites (tertiary alicyclic amines) is 1. The predicted molar refractivity (Wildman–Crippen MR) is 155 cm³/mol. The van der Waals surface area contributed by atoms with E-state index in [2.05, 4.69) is 5.32 Å². The summed E-state index contributed by atoms with van der Waals surface area (Å²) in [6, 6.07) is 7.15. The second-order valence-corrected chi connectivity index (χ2v) is 12.8. The number of piperidine rings is 1. The van der Waals surface area contributed by atoms with Gasteiger partial charge in [-0.25, -0.2) is 9.78 Å². The number of rotatable bonds is 6. The van der Waals surface area contributed by atoms with Crippen LogP contribution in [0.2, 0.25) is 0 Å². The Labute approximate surface area is 239 Å². The fourth-order valence-corrected chi connectivity index (χ4v) is 6.50. The van der Waals surface area contributed by atoms with Crippen molar-refractivity contribution in [3.63, 3.8) is 0 Å². The van der Waals surface area contributed by atoms with Gasteiger partial charge in [0, 0.05) is 31.3 Å². The third-order valence-corrected chi connectivity index (χ3v) is 8.66.